The third-order valence-electron chi connectivity index (χ3n) is 6.57. The number of carbonyl (C=O) groups excluding carboxylic acids is 2. The fraction of sp³-hybridized carbons (Fsp3) is 0.481. The van der Waals surface area contributed by atoms with Gasteiger partial charge in [0.05, 0.1) is 19.1 Å². The highest BCUT2D eigenvalue weighted by Crippen LogP contribution is 2.22. The quantitative estimate of drug-likeness (QED) is 0.493. The van der Waals surface area contributed by atoms with Crippen LogP contribution in [-0.2, 0) is 26.2 Å². The number of nitrogens with one attached hydrogen (secondary N) is 1. The standard InChI is InChI=1S/C27H37N3O5S/c1-5-25(27(32)28-22-10-6-7-11-22)29(18-21-13-15-24(35-3)16-14-21)26(31)19-30(36(4,33)34)23-12-8-9-20(2)17-23/h8-9,12-17,22,25H,5-7,10-11,18-19H2,1-4H3,(H,28,32)/t25-/m1/s1. The van der Waals surface area contributed by atoms with Gasteiger partial charge in [-0.3, -0.25) is 13.9 Å². The molecule has 1 aliphatic rings. The van der Waals surface area contributed by atoms with Crippen molar-refractivity contribution < 1.29 is 22.7 Å². The Morgan fingerprint density at radius 2 is 1.78 bits per heavy atom. The predicted molar refractivity (Wildman–Crippen MR) is 141 cm³/mol. The van der Waals surface area contributed by atoms with Crippen molar-refractivity contribution in [1.29, 1.82) is 0 Å². The molecule has 3 rings (SSSR count). The van der Waals surface area contributed by atoms with Crippen LogP contribution in [0.1, 0.15) is 50.2 Å². The summed E-state index contributed by atoms with van der Waals surface area (Å²) in [5.74, 6) is 0.0456. The molecule has 2 amide bonds. The number of ether oxygens (including phenoxy) is 1. The van der Waals surface area contributed by atoms with Crippen LogP contribution in [0.3, 0.4) is 0 Å². The van der Waals surface area contributed by atoms with Crippen LogP contribution >= 0.6 is 0 Å². The Labute approximate surface area is 214 Å². The zero-order chi connectivity index (χ0) is 26.3. The van der Waals surface area contributed by atoms with Gasteiger partial charge in [-0.2, -0.15) is 0 Å². The van der Waals surface area contributed by atoms with E-state index in [-0.39, 0.29) is 18.5 Å². The van der Waals surface area contributed by atoms with Crippen molar-refractivity contribution in [3.63, 3.8) is 0 Å². The van der Waals surface area contributed by atoms with E-state index >= 15 is 0 Å². The van der Waals surface area contributed by atoms with Crippen LogP contribution < -0.4 is 14.4 Å². The van der Waals surface area contributed by atoms with Crippen LogP contribution in [0, 0.1) is 6.92 Å². The van der Waals surface area contributed by atoms with E-state index in [0.29, 0.717) is 17.9 Å². The number of aryl methyl sites for hydroxylation is 1. The van der Waals surface area contributed by atoms with E-state index in [2.05, 4.69) is 5.32 Å². The Morgan fingerprint density at radius 3 is 2.33 bits per heavy atom. The number of sulfonamides is 1. The lowest BCUT2D eigenvalue weighted by molar-refractivity contribution is -0.140. The summed E-state index contributed by atoms with van der Waals surface area (Å²) in [5.41, 5.74) is 2.11. The van der Waals surface area contributed by atoms with Gasteiger partial charge in [-0.05, 0) is 61.6 Å². The smallest absolute Gasteiger partial charge is 0.244 e. The van der Waals surface area contributed by atoms with Gasteiger partial charge >= 0.3 is 0 Å². The van der Waals surface area contributed by atoms with Crippen molar-refractivity contribution in [2.45, 2.75) is 64.6 Å². The molecular formula is C27H37N3O5S. The molecule has 196 valence electrons. The largest absolute Gasteiger partial charge is 0.497 e. The molecule has 1 fully saturated rings. The summed E-state index contributed by atoms with van der Waals surface area (Å²) in [6.45, 7) is 3.50. The van der Waals surface area contributed by atoms with Gasteiger partial charge in [0.15, 0.2) is 0 Å². The number of anilines is 1. The zero-order valence-electron chi connectivity index (χ0n) is 21.6. The summed E-state index contributed by atoms with van der Waals surface area (Å²) in [6.07, 6.45) is 5.52. The fourth-order valence-corrected chi connectivity index (χ4v) is 5.45. The molecule has 2 aromatic carbocycles. The van der Waals surface area contributed by atoms with Gasteiger partial charge in [-0.1, -0.05) is 44.0 Å². The molecule has 8 nitrogen and oxygen atoms in total. The average molecular weight is 516 g/mol. The van der Waals surface area contributed by atoms with E-state index in [9.17, 15) is 18.0 Å². The molecule has 0 unspecified atom stereocenters. The van der Waals surface area contributed by atoms with Crippen LogP contribution in [0.5, 0.6) is 5.75 Å². The first-order valence-electron chi connectivity index (χ1n) is 12.4. The Hall–Kier alpha value is -3.07. The number of nitrogens with zero attached hydrogens (tertiary/aromatic N) is 2. The number of amides is 2. The zero-order valence-corrected chi connectivity index (χ0v) is 22.4. The van der Waals surface area contributed by atoms with Crippen molar-refractivity contribution in [2.75, 3.05) is 24.2 Å². The van der Waals surface area contributed by atoms with Crippen LogP contribution in [0.25, 0.3) is 0 Å². The summed E-state index contributed by atoms with van der Waals surface area (Å²) in [7, 11) is -2.17. The van der Waals surface area contributed by atoms with Gasteiger partial charge in [0.25, 0.3) is 0 Å². The van der Waals surface area contributed by atoms with Crippen molar-refractivity contribution in [3.8, 4) is 5.75 Å². The minimum absolute atomic E-state index is 0.115. The lowest BCUT2D eigenvalue weighted by Gasteiger charge is -2.33. The molecule has 0 saturated heterocycles. The van der Waals surface area contributed by atoms with Crippen molar-refractivity contribution >= 4 is 27.5 Å². The summed E-state index contributed by atoms with van der Waals surface area (Å²) in [5, 5.41) is 3.11. The predicted octanol–water partition coefficient (Wildman–Crippen LogP) is 3.64. The van der Waals surface area contributed by atoms with Gasteiger partial charge in [-0.25, -0.2) is 8.42 Å². The minimum atomic E-state index is -3.75. The van der Waals surface area contributed by atoms with E-state index in [1.807, 2.05) is 32.0 Å². The molecule has 36 heavy (non-hydrogen) atoms. The van der Waals surface area contributed by atoms with E-state index in [1.54, 1.807) is 37.4 Å². The van der Waals surface area contributed by atoms with Gasteiger partial charge in [0, 0.05) is 12.6 Å². The molecular weight excluding hydrogens is 478 g/mol. The van der Waals surface area contributed by atoms with E-state index in [1.165, 1.54) is 4.90 Å². The van der Waals surface area contributed by atoms with Gasteiger partial charge < -0.3 is 15.0 Å². The maximum atomic E-state index is 13.7. The lowest BCUT2D eigenvalue weighted by atomic mass is 10.1. The molecule has 1 aliphatic carbocycles. The van der Waals surface area contributed by atoms with Crippen LogP contribution in [0.2, 0.25) is 0 Å². The maximum Gasteiger partial charge on any atom is 0.244 e. The minimum Gasteiger partial charge on any atom is -0.497 e. The monoisotopic (exact) mass is 515 g/mol. The first-order chi connectivity index (χ1) is 17.1. The number of rotatable bonds is 11. The molecule has 1 saturated carbocycles. The van der Waals surface area contributed by atoms with E-state index in [0.717, 1.165) is 47.4 Å². The molecule has 0 aliphatic heterocycles. The molecule has 0 aromatic heterocycles. The van der Waals surface area contributed by atoms with Crippen LogP contribution in [0.15, 0.2) is 48.5 Å². The SMILES string of the molecule is CC[C@H](C(=O)NC1CCCC1)N(Cc1ccc(OC)cc1)C(=O)CN(c1cccc(C)c1)S(C)(=O)=O. The molecule has 0 heterocycles. The third-order valence-corrected chi connectivity index (χ3v) is 7.71. The number of hydrogen-bond acceptors (Lipinski definition) is 5. The Balaban J connectivity index is 1.91. The highest BCUT2D eigenvalue weighted by atomic mass is 32.2. The summed E-state index contributed by atoms with van der Waals surface area (Å²) in [6, 6.07) is 13.7. The number of benzene rings is 2. The Kier molecular flexibility index (Phi) is 9.37. The van der Waals surface area contributed by atoms with Crippen LogP contribution in [-0.4, -0.2) is 57.1 Å². The molecule has 9 heteroatoms. The van der Waals surface area contributed by atoms with E-state index in [4.69, 9.17) is 4.74 Å². The third kappa shape index (κ3) is 7.22. The highest BCUT2D eigenvalue weighted by Gasteiger charge is 2.33. The Bertz CT molecular complexity index is 1140. The number of carbonyl (C=O) groups is 2. The Morgan fingerprint density at radius 1 is 1.11 bits per heavy atom. The molecule has 2 aromatic rings. The summed E-state index contributed by atoms with van der Waals surface area (Å²) in [4.78, 5) is 28.6. The first-order valence-corrected chi connectivity index (χ1v) is 14.2. The molecule has 0 radical (unpaired) electrons. The highest BCUT2D eigenvalue weighted by molar-refractivity contribution is 7.92. The normalized spacial score (nSPS) is 14.8. The lowest BCUT2D eigenvalue weighted by Crippen LogP contribution is -2.53. The fourth-order valence-electron chi connectivity index (χ4n) is 4.61. The molecule has 1 N–H and O–H groups in total. The van der Waals surface area contributed by atoms with Crippen molar-refractivity contribution in [1.82, 2.24) is 10.2 Å². The average Bonchev–Trinajstić information content (AvgIpc) is 3.35. The number of hydrogen-bond donors (Lipinski definition) is 1. The van der Waals surface area contributed by atoms with Crippen molar-refractivity contribution in [3.05, 3.63) is 59.7 Å². The second kappa shape index (κ2) is 12.3. The number of methoxy groups -OCH3 is 1. The molecule has 1 atom stereocenters. The van der Waals surface area contributed by atoms with Gasteiger partial charge in [0.1, 0.15) is 18.3 Å². The van der Waals surface area contributed by atoms with Gasteiger partial charge in [-0.15, -0.1) is 0 Å². The summed E-state index contributed by atoms with van der Waals surface area (Å²) < 4.78 is 31.7. The summed E-state index contributed by atoms with van der Waals surface area (Å²) >= 11 is 0. The maximum absolute atomic E-state index is 13.7. The van der Waals surface area contributed by atoms with E-state index < -0.39 is 28.5 Å². The second-order valence-corrected chi connectivity index (χ2v) is 11.3. The molecule has 0 spiro atoms. The second-order valence-electron chi connectivity index (χ2n) is 9.39. The molecule has 0 bridgehead atoms. The van der Waals surface area contributed by atoms with Crippen molar-refractivity contribution in [2.24, 2.45) is 0 Å². The topological polar surface area (TPSA) is 96.0 Å². The first kappa shape index (κ1) is 27.5. The van der Waals surface area contributed by atoms with Crippen LogP contribution in [0.4, 0.5) is 5.69 Å². The van der Waals surface area contributed by atoms with Gasteiger partial charge in [0.2, 0.25) is 21.8 Å².